The molecular weight excluding hydrogens is 164 g/mol. The maximum absolute atomic E-state index is 5.49. The van der Waals surface area contributed by atoms with Gasteiger partial charge in [-0.15, -0.1) is 5.10 Å². The van der Waals surface area contributed by atoms with Crippen molar-refractivity contribution >= 4 is 0 Å². The van der Waals surface area contributed by atoms with Gasteiger partial charge in [-0.25, -0.2) is 4.68 Å². The lowest BCUT2D eigenvalue weighted by atomic mass is 10.2. The van der Waals surface area contributed by atoms with E-state index in [1.54, 1.807) is 0 Å². The molecule has 0 spiro atoms. The van der Waals surface area contributed by atoms with Gasteiger partial charge in [-0.3, -0.25) is 0 Å². The highest BCUT2D eigenvalue weighted by Crippen LogP contribution is 2.12. The highest BCUT2D eigenvalue weighted by Gasteiger charge is 2.11. The van der Waals surface area contributed by atoms with Crippen molar-refractivity contribution in [3.05, 3.63) is 11.4 Å². The fourth-order valence-corrected chi connectivity index (χ4v) is 1.46. The van der Waals surface area contributed by atoms with Gasteiger partial charge in [0.1, 0.15) is 0 Å². The summed E-state index contributed by atoms with van der Waals surface area (Å²) in [5.74, 6) is 0. The SMILES string of the molecule is CCc1c(CCN)nnn1C(C)C. The monoisotopic (exact) mass is 182 g/mol. The van der Waals surface area contributed by atoms with Crippen molar-refractivity contribution in [3.63, 3.8) is 0 Å². The van der Waals surface area contributed by atoms with Gasteiger partial charge in [0.15, 0.2) is 0 Å². The van der Waals surface area contributed by atoms with Crippen LogP contribution < -0.4 is 5.73 Å². The second-order valence-electron chi connectivity index (χ2n) is 3.41. The Balaban J connectivity index is 2.96. The molecule has 0 saturated heterocycles. The number of nitrogens with two attached hydrogens (primary N) is 1. The summed E-state index contributed by atoms with van der Waals surface area (Å²) in [4.78, 5) is 0. The molecule has 0 aliphatic rings. The molecule has 13 heavy (non-hydrogen) atoms. The molecule has 1 heterocycles. The van der Waals surface area contributed by atoms with Crippen LogP contribution in [0.25, 0.3) is 0 Å². The van der Waals surface area contributed by atoms with Crippen LogP contribution in [0, 0.1) is 0 Å². The van der Waals surface area contributed by atoms with Crippen LogP contribution in [0.2, 0.25) is 0 Å². The van der Waals surface area contributed by atoms with Crippen molar-refractivity contribution in [2.45, 2.75) is 39.7 Å². The highest BCUT2D eigenvalue weighted by molar-refractivity contribution is 5.11. The molecular formula is C9H18N4. The summed E-state index contributed by atoms with van der Waals surface area (Å²) < 4.78 is 1.98. The Hall–Kier alpha value is -0.900. The van der Waals surface area contributed by atoms with Crippen molar-refractivity contribution in [1.29, 1.82) is 0 Å². The largest absolute Gasteiger partial charge is 0.330 e. The molecule has 0 atom stereocenters. The van der Waals surface area contributed by atoms with Gasteiger partial charge in [-0.2, -0.15) is 0 Å². The zero-order chi connectivity index (χ0) is 9.84. The molecule has 1 aromatic heterocycles. The van der Waals surface area contributed by atoms with E-state index in [4.69, 9.17) is 5.73 Å². The molecule has 4 nitrogen and oxygen atoms in total. The first-order chi connectivity index (χ1) is 6.20. The standard InChI is InChI=1S/C9H18N4/c1-4-9-8(5-6-10)11-12-13(9)7(2)3/h7H,4-6,10H2,1-3H3. The smallest absolute Gasteiger partial charge is 0.0871 e. The summed E-state index contributed by atoms with van der Waals surface area (Å²) in [6, 6.07) is 0.383. The normalized spacial score (nSPS) is 11.2. The first-order valence-electron chi connectivity index (χ1n) is 4.83. The van der Waals surface area contributed by atoms with E-state index in [0.29, 0.717) is 12.6 Å². The van der Waals surface area contributed by atoms with Gasteiger partial charge in [0.25, 0.3) is 0 Å². The van der Waals surface area contributed by atoms with Crippen LogP contribution in [0.1, 0.15) is 38.2 Å². The zero-order valence-electron chi connectivity index (χ0n) is 8.62. The van der Waals surface area contributed by atoms with Crippen LogP contribution in [-0.2, 0) is 12.8 Å². The summed E-state index contributed by atoms with van der Waals surface area (Å²) in [6.07, 6.45) is 1.80. The van der Waals surface area contributed by atoms with Gasteiger partial charge in [-0.1, -0.05) is 12.1 Å². The van der Waals surface area contributed by atoms with Gasteiger partial charge >= 0.3 is 0 Å². The molecule has 0 bridgehead atoms. The number of hydrogen-bond donors (Lipinski definition) is 1. The minimum absolute atomic E-state index is 0.383. The van der Waals surface area contributed by atoms with Gasteiger partial charge < -0.3 is 5.73 Å². The van der Waals surface area contributed by atoms with Crippen LogP contribution >= 0.6 is 0 Å². The summed E-state index contributed by atoms with van der Waals surface area (Å²) >= 11 is 0. The van der Waals surface area contributed by atoms with Gasteiger partial charge in [0.2, 0.25) is 0 Å². The Morgan fingerprint density at radius 2 is 2.15 bits per heavy atom. The predicted molar refractivity (Wildman–Crippen MR) is 52.5 cm³/mol. The molecule has 1 aromatic rings. The van der Waals surface area contributed by atoms with Crippen molar-refractivity contribution in [3.8, 4) is 0 Å². The molecule has 0 unspecified atom stereocenters. The van der Waals surface area contributed by atoms with Gasteiger partial charge in [0.05, 0.1) is 11.4 Å². The molecule has 0 saturated carbocycles. The van der Waals surface area contributed by atoms with Crippen molar-refractivity contribution in [2.24, 2.45) is 5.73 Å². The lowest BCUT2D eigenvalue weighted by Gasteiger charge is -2.08. The van der Waals surface area contributed by atoms with Crippen molar-refractivity contribution < 1.29 is 0 Å². The van der Waals surface area contributed by atoms with Crippen LogP contribution in [0.3, 0.4) is 0 Å². The summed E-state index contributed by atoms with van der Waals surface area (Å²) in [6.45, 7) is 6.99. The first kappa shape index (κ1) is 10.2. The van der Waals surface area contributed by atoms with E-state index in [2.05, 4.69) is 31.1 Å². The summed E-state index contributed by atoms with van der Waals surface area (Å²) in [7, 11) is 0. The quantitative estimate of drug-likeness (QED) is 0.753. The molecule has 74 valence electrons. The Bertz CT molecular complexity index is 265. The molecule has 0 aliphatic heterocycles. The molecule has 2 N–H and O–H groups in total. The van der Waals surface area contributed by atoms with E-state index in [9.17, 15) is 0 Å². The number of aromatic nitrogens is 3. The van der Waals surface area contributed by atoms with Gasteiger partial charge in [0, 0.05) is 12.5 Å². The first-order valence-corrected chi connectivity index (χ1v) is 4.83. The fraction of sp³-hybridized carbons (Fsp3) is 0.778. The third-order valence-electron chi connectivity index (χ3n) is 2.08. The van der Waals surface area contributed by atoms with E-state index in [1.165, 1.54) is 5.69 Å². The molecule has 0 aliphatic carbocycles. The van der Waals surface area contributed by atoms with Crippen LogP contribution in [0.5, 0.6) is 0 Å². The third-order valence-corrected chi connectivity index (χ3v) is 2.08. The summed E-state index contributed by atoms with van der Waals surface area (Å²) in [5, 5.41) is 8.25. The predicted octanol–water partition coefficient (Wildman–Crippen LogP) is 0.923. The number of rotatable bonds is 4. The Morgan fingerprint density at radius 3 is 2.62 bits per heavy atom. The molecule has 0 fully saturated rings. The fourth-order valence-electron chi connectivity index (χ4n) is 1.46. The van der Waals surface area contributed by atoms with Crippen LogP contribution in [0.4, 0.5) is 0 Å². The minimum Gasteiger partial charge on any atom is -0.330 e. The van der Waals surface area contributed by atoms with E-state index < -0.39 is 0 Å². The highest BCUT2D eigenvalue weighted by atomic mass is 15.4. The Kier molecular flexibility index (Phi) is 3.42. The average molecular weight is 182 g/mol. The Labute approximate surface area is 79.1 Å². The topological polar surface area (TPSA) is 56.7 Å². The van der Waals surface area contributed by atoms with Crippen LogP contribution in [0.15, 0.2) is 0 Å². The number of hydrogen-bond acceptors (Lipinski definition) is 3. The van der Waals surface area contributed by atoms with E-state index in [1.807, 2.05) is 4.68 Å². The van der Waals surface area contributed by atoms with E-state index in [0.717, 1.165) is 18.5 Å². The zero-order valence-corrected chi connectivity index (χ0v) is 8.62. The molecule has 0 radical (unpaired) electrons. The second-order valence-corrected chi connectivity index (χ2v) is 3.41. The maximum Gasteiger partial charge on any atom is 0.0871 e. The molecule has 1 rings (SSSR count). The van der Waals surface area contributed by atoms with Crippen molar-refractivity contribution in [2.75, 3.05) is 6.54 Å². The van der Waals surface area contributed by atoms with E-state index >= 15 is 0 Å². The maximum atomic E-state index is 5.49. The van der Waals surface area contributed by atoms with Crippen LogP contribution in [-0.4, -0.2) is 21.5 Å². The average Bonchev–Trinajstić information content (AvgIpc) is 2.48. The van der Waals surface area contributed by atoms with Gasteiger partial charge in [-0.05, 0) is 26.8 Å². The Morgan fingerprint density at radius 1 is 1.46 bits per heavy atom. The molecule has 4 heteroatoms. The second kappa shape index (κ2) is 4.37. The van der Waals surface area contributed by atoms with E-state index in [-0.39, 0.29) is 0 Å². The molecule has 0 amide bonds. The van der Waals surface area contributed by atoms with Crippen molar-refractivity contribution in [1.82, 2.24) is 15.0 Å². The molecule has 0 aromatic carbocycles. The third kappa shape index (κ3) is 2.06. The minimum atomic E-state index is 0.383. The number of nitrogens with zero attached hydrogens (tertiary/aromatic N) is 3. The summed E-state index contributed by atoms with van der Waals surface area (Å²) in [5.41, 5.74) is 7.77. The lowest BCUT2D eigenvalue weighted by Crippen LogP contribution is -2.09. The lowest BCUT2D eigenvalue weighted by molar-refractivity contribution is 0.496.